The molecule has 0 aliphatic rings. The molecule has 0 aromatic carbocycles. The number of aromatic nitrogens is 3. The number of nitrogens with one attached hydrogen (secondary N) is 1. The number of hydrogen-bond acceptors (Lipinski definition) is 8. The Morgan fingerprint density at radius 2 is 2.09 bits per heavy atom. The van der Waals surface area contributed by atoms with Gasteiger partial charge in [-0.3, -0.25) is 4.79 Å². The second-order valence-corrected chi connectivity index (χ2v) is 4.24. The number of aliphatic carboxylic acids is 1. The molecule has 0 atom stereocenters. The van der Waals surface area contributed by atoms with Crippen molar-refractivity contribution < 1.29 is 19.4 Å². The van der Waals surface area contributed by atoms with Crippen molar-refractivity contribution in [2.24, 2.45) is 0 Å². The molecule has 0 spiro atoms. The summed E-state index contributed by atoms with van der Waals surface area (Å²) in [4.78, 5) is 33.6. The third kappa shape index (κ3) is 3.88. The standard InChI is InChI=1S/C13H13N5O4/c1-7(19)9-5-16-13(18-12(9)14)17-10-3-2-8(4-15-10)22-6-11(20)21/h2-5H,6H2,1H3,(H,20,21)(H3,14,15,16,17,18). The smallest absolute Gasteiger partial charge is 0.341 e. The first-order valence-corrected chi connectivity index (χ1v) is 6.17. The molecule has 0 bridgehead atoms. The number of nitrogens with zero attached hydrogens (tertiary/aromatic N) is 3. The van der Waals surface area contributed by atoms with E-state index in [-0.39, 0.29) is 23.1 Å². The van der Waals surface area contributed by atoms with Gasteiger partial charge in [-0.05, 0) is 19.1 Å². The molecule has 114 valence electrons. The maximum absolute atomic E-state index is 11.2. The number of carboxylic acid groups (broad SMARTS) is 1. The van der Waals surface area contributed by atoms with Gasteiger partial charge in [-0.15, -0.1) is 0 Å². The topological polar surface area (TPSA) is 140 Å². The molecule has 4 N–H and O–H groups in total. The third-order valence-electron chi connectivity index (χ3n) is 2.54. The summed E-state index contributed by atoms with van der Waals surface area (Å²) in [5.74, 6) is -0.294. The molecule has 2 heterocycles. The van der Waals surface area contributed by atoms with E-state index >= 15 is 0 Å². The van der Waals surface area contributed by atoms with E-state index in [9.17, 15) is 9.59 Å². The number of nitrogen functional groups attached to an aromatic ring is 1. The van der Waals surface area contributed by atoms with Gasteiger partial charge in [0.2, 0.25) is 5.95 Å². The summed E-state index contributed by atoms with van der Waals surface area (Å²) >= 11 is 0. The van der Waals surface area contributed by atoms with Gasteiger partial charge in [0.25, 0.3) is 0 Å². The van der Waals surface area contributed by atoms with E-state index in [1.165, 1.54) is 19.3 Å². The molecule has 9 nitrogen and oxygen atoms in total. The van der Waals surface area contributed by atoms with Crippen molar-refractivity contribution in [3.05, 3.63) is 30.1 Å². The number of Topliss-reactive ketones (excluding diaryl/α,β-unsaturated/α-hetero) is 1. The van der Waals surface area contributed by atoms with Crippen LogP contribution in [0.15, 0.2) is 24.5 Å². The van der Waals surface area contributed by atoms with E-state index in [1.54, 1.807) is 12.1 Å². The summed E-state index contributed by atoms with van der Waals surface area (Å²) < 4.78 is 4.96. The van der Waals surface area contributed by atoms with Crippen molar-refractivity contribution >= 4 is 29.3 Å². The van der Waals surface area contributed by atoms with Crippen molar-refractivity contribution in [1.29, 1.82) is 0 Å². The summed E-state index contributed by atoms with van der Waals surface area (Å²) in [5.41, 5.74) is 5.91. The van der Waals surface area contributed by atoms with Crippen molar-refractivity contribution in [3.63, 3.8) is 0 Å². The SMILES string of the molecule is CC(=O)c1cnc(Nc2ccc(OCC(=O)O)cn2)nc1N. The summed E-state index contributed by atoms with van der Waals surface area (Å²) in [6.45, 7) is 0.931. The normalized spacial score (nSPS) is 10.0. The van der Waals surface area contributed by atoms with E-state index in [0.717, 1.165) is 0 Å². The van der Waals surface area contributed by atoms with Crippen LogP contribution in [0.1, 0.15) is 17.3 Å². The van der Waals surface area contributed by atoms with Crippen LogP contribution < -0.4 is 15.8 Å². The van der Waals surface area contributed by atoms with Crippen molar-refractivity contribution in [2.75, 3.05) is 17.7 Å². The van der Waals surface area contributed by atoms with Gasteiger partial charge >= 0.3 is 5.97 Å². The summed E-state index contributed by atoms with van der Waals surface area (Å²) in [5, 5.41) is 11.3. The van der Waals surface area contributed by atoms with E-state index in [0.29, 0.717) is 11.6 Å². The van der Waals surface area contributed by atoms with Crippen LogP contribution in [0.25, 0.3) is 0 Å². The third-order valence-corrected chi connectivity index (χ3v) is 2.54. The minimum atomic E-state index is -1.07. The zero-order valence-electron chi connectivity index (χ0n) is 11.6. The van der Waals surface area contributed by atoms with Crippen LogP contribution in [-0.4, -0.2) is 38.4 Å². The number of rotatable bonds is 6. The monoisotopic (exact) mass is 303 g/mol. The van der Waals surface area contributed by atoms with Crippen LogP contribution in [0.5, 0.6) is 5.75 Å². The molecule has 0 radical (unpaired) electrons. The minimum absolute atomic E-state index is 0.0754. The lowest BCUT2D eigenvalue weighted by atomic mass is 10.2. The van der Waals surface area contributed by atoms with Gasteiger partial charge in [0, 0.05) is 6.20 Å². The summed E-state index contributed by atoms with van der Waals surface area (Å²) in [6.07, 6.45) is 2.69. The first-order chi connectivity index (χ1) is 10.5. The van der Waals surface area contributed by atoms with Gasteiger partial charge in [-0.25, -0.2) is 14.8 Å². The number of anilines is 3. The maximum Gasteiger partial charge on any atom is 0.341 e. The van der Waals surface area contributed by atoms with Crippen molar-refractivity contribution in [3.8, 4) is 5.75 Å². The number of carbonyl (C=O) groups excluding carboxylic acids is 1. The Kier molecular flexibility index (Phi) is 4.47. The van der Waals surface area contributed by atoms with Crippen LogP contribution in [0.3, 0.4) is 0 Å². The van der Waals surface area contributed by atoms with E-state index in [4.69, 9.17) is 15.6 Å². The average Bonchev–Trinajstić information content (AvgIpc) is 2.46. The summed E-state index contributed by atoms with van der Waals surface area (Å²) in [6, 6.07) is 3.11. The lowest BCUT2D eigenvalue weighted by Gasteiger charge is -2.07. The lowest BCUT2D eigenvalue weighted by Crippen LogP contribution is -2.09. The Hall–Kier alpha value is -3.23. The maximum atomic E-state index is 11.2. The fourth-order valence-corrected chi connectivity index (χ4v) is 1.53. The number of nitrogens with two attached hydrogens (primary N) is 1. The molecule has 0 aliphatic heterocycles. The number of carboxylic acids is 1. The summed E-state index contributed by atoms with van der Waals surface area (Å²) in [7, 11) is 0. The van der Waals surface area contributed by atoms with Crippen molar-refractivity contribution in [2.45, 2.75) is 6.92 Å². The van der Waals surface area contributed by atoms with Gasteiger partial charge in [0.15, 0.2) is 12.4 Å². The van der Waals surface area contributed by atoms with Gasteiger partial charge in [0.1, 0.15) is 17.4 Å². The Balaban J connectivity index is 2.06. The van der Waals surface area contributed by atoms with Crippen LogP contribution in [0.4, 0.5) is 17.6 Å². The zero-order chi connectivity index (χ0) is 16.1. The minimum Gasteiger partial charge on any atom is -0.480 e. The van der Waals surface area contributed by atoms with Gasteiger partial charge < -0.3 is 20.9 Å². The largest absolute Gasteiger partial charge is 0.480 e. The molecular weight excluding hydrogens is 290 g/mol. The fraction of sp³-hybridized carbons (Fsp3) is 0.154. The molecular formula is C13H13N5O4. The number of carbonyl (C=O) groups is 2. The van der Waals surface area contributed by atoms with E-state index < -0.39 is 12.6 Å². The van der Waals surface area contributed by atoms with Crippen LogP contribution >= 0.6 is 0 Å². The zero-order valence-corrected chi connectivity index (χ0v) is 11.6. The van der Waals surface area contributed by atoms with Gasteiger partial charge in [-0.2, -0.15) is 4.98 Å². The highest BCUT2D eigenvalue weighted by atomic mass is 16.5. The van der Waals surface area contributed by atoms with Gasteiger partial charge in [-0.1, -0.05) is 0 Å². The Bertz CT molecular complexity index is 702. The fourth-order valence-electron chi connectivity index (χ4n) is 1.53. The molecule has 2 aromatic rings. The highest BCUT2D eigenvalue weighted by Crippen LogP contribution is 2.16. The predicted octanol–water partition coefficient (Wildman–Crippen LogP) is 0.863. The lowest BCUT2D eigenvalue weighted by molar-refractivity contribution is -0.139. The Morgan fingerprint density at radius 1 is 1.32 bits per heavy atom. The quantitative estimate of drug-likeness (QED) is 0.662. The molecule has 2 aromatic heterocycles. The number of ketones is 1. The number of ether oxygens (including phenoxy) is 1. The molecule has 0 saturated carbocycles. The molecule has 0 aliphatic carbocycles. The number of hydrogen-bond donors (Lipinski definition) is 3. The first-order valence-electron chi connectivity index (χ1n) is 6.17. The molecule has 0 amide bonds. The second kappa shape index (κ2) is 6.48. The molecule has 2 rings (SSSR count). The Labute approximate surface area is 125 Å². The molecule has 0 fully saturated rings. The molecule has 0 unspecified atom stereocenters. The van der Waals surface area contributed by atoms with Crippen LogP contribution in [0.2, 0.25) is 0 Å². The van der Waals surface area contributed by atoms with E-state index in [2.05, 4.69) is 20.3 Å². The highest BCUT2D eigenvalue weighted by molar-refractivity contribution is 5.98. The van der Waals surface area contributed by atoms with E-state index in [1.807, 2.05) is 0 Å². The highest BCUT2D eigenvalue weighted by Gasteiger charge is 2.09. The molecule has 9 heteroatoms. The van der Waals surface area contributed by atoms with Crippen LogP contribution in [0, 0.1) is 0 Å². The average molecular weight is 303 g/mol. The molecule has 0 saturated heterocycles. The Morgan fingerprint density at radius 3 is 2.64 bits per heavy atom. The molecule has 22 heavy (non-hydrogen) atoms. The van der Waals surface area contributed by atoms with Crippen molar-refractivity contribution in [1.82, 2.24) is 15.0 Å². The predicted molar refractivity (Wildman–Crippen MR) is 77.1 cm³/mol. The first kappa shape index (κ1) is 15.2. The van der Waals surface area contributed by atoms with Gasteiger partial charge in [0.05, 0.1) is 11.8 Å². The number of pyridine rings is 1. The second-order valence-electron chi connectivity index (χ2n) is 4.24. The van der Waals surface area contributed by atoms with Crippen LogP contribution in [-0.2, 0) is 4.79 Å².